The summed E-state index contributed by atoms with van der Waals surface area (Å²) in [6.45, 7) is 5.72. The van der Waals surface area contributed by atoms with Crippen LogP contribution in [0.15, 0.2) is 40.3 Å². The van der Waals surface area contributed by atoms with Crippen LogP contribution in [0.3, 0.4) is 0 Å². The minimum Gasteiger partial charge on any atom is -0.352 e. The lowest BCUT2D eigenvalue weighted by Gasteiger charge is -2.12. The molecule has 7 nitrogen and oxygen atoms in total. The summed E-state index contributed by atoms with van der Waals surface area (Å²) in [6.07, 6.45) is 3.48. The first-order valence-corrected chi connectivity index (χ1v) is 11.0. The second-order valence-corrected chi connectivity index (χ2v) is 8.21. The quantitative estimate of drug-likeness (QED) is 0.454. The van der Waals surface area contributed by atoms with Gasteiger partial charge in [0.2, 0.25) is 0 Å². The summed E-state index contributed by atoms with van der Waals surface area (Å²) >= 11 is 1.59. The number of aromatic nitrogens is 4. The maximum Gasteiger partial charge on any atom is 0.252 e. The Labute approximate surface area is 174 Å². The predicted octanol–water partition coefficient (Wildman–Crippen LogP) is 2.87. The van der Waals surface area contributed by atoms with E-state index in [4.69, 9.17) is 0 Å². The van der Waals surface area contributed by atoms with Crippen LogP contribution in [0.1, 0.15) is 36.5 Å². The first-order valence-electron chi connectivity index (χ1n) is 9.75. The molecule has 0 aliphatic carbocycles. The lowest BCUT2D eigenvalue weighted by Crippen LogP contribution is -2.28. The molecule has 0 spiro atoms. The molecule has 1 aromatic carbocycles. The number of amides is 1. The number of hydrogen-bond donors (Lipinski definition) is 1. The molecule has 0 atom stereocenters. The molecule has 0 unspecified atom stereocenters. The normalized spacial score (nSPS) is 11.3. The Morgan fingerprint density at radius 3 is 2.72 bits per heavy atom. The molecule has 8 heteroatoms. The first kappa shape index (κ1) is 21.1. The number of fused-ring (bicyclic) bond motifs is 1. The number of carbonyl (C=O) groups excluding carboxylic acids is 1. The Bertz CT molecular complexity index is 1070. The van der Waals surface area contributed by atoms with Crippen molar-refractivity contribution < 1.29 is 4.79 Å². The molecular formula is C21H27N5O2S. The third-order valence-corrected chi connectivity index (χ3v) is 5.45. The third-order valence-electron chi connectivity index (χ3n) is 4.79. The Morgan fingerprint density at radius 2 is 2.00 bits per heavy atom. The maximum absolute atomic E-state index is 12.7. The zero-order chi connectivity index (χ0) is 21.0. The molecule has 2 aromatic heterocycles. The molecule has 154 valence electrons. The molecule has 1 amide bonds. The van der Waals surface area contributed by atoms with Crippen molar-refractivity contribution in [3.8, 4) is 0 Å². The highest BCUT2D eigenvalue weighted by Crippen LogP contribution is 2.17. The lowest BCUT2D eigenvalue weighted by molar-refractivity contribution is 0.0954. The zero-order valence-electron chi connectivity index (χ0n) is 17.3. The molecule has 3 aromatic rings. The lowest BCUT2D eigenvalue weighted by atomic mass is 10.1. The SMILES string of the molecule is CSc1nnc(CCCNC(=O)c2cc(=O)n(C)c3ccccc23)n1CC(C)C. The molecule has 0 fully saturated rings. The number of benzene rings is 1. The van der Waals surface area contributed by atoms with Gasteiger partial charge in [0.05, 0.1) is 11.1 Å². The van der Waals surface area contributed by atoms with Gasteiger partial charge >= 0.3 is 0 Å². The second-order valence-electron chi connectivity index (χ2n) is 7.44. The molecule has 1 N–H and O–H groups in total. The number of nitrogens with zero attached hydrogens (tertiary/aromatic N) is 4. The van der Waals surface area contributed by atoms with E-state index in [1.54, 1.807) is 23.4 Å². The van der Waals surface area contributed by atoms with Crippen LogP contribution in [0.4, 0.5) is 0 Å². The van der Waals surface area contributed by atoms with Crippen LogP contribution in [0.25, 0.3) is 10.9 Å². The van der Waals surface area contributed by atoms with Crippen LogP contribution in [0, 0.1) is 5.92 Å². The summed E-state index contributed by atoms with van der Waals surface area (Å²) in [6, 6.07) is 8.84. The highest BCUT2D eigenvalue weighted by Gasteiger charge is 2.14. The Morgan fingerprint density at radius 1 is 1.24 bits per heavy atom. The molecule has 0 aliphatic rings. The number of thioether (sulfide) groups is 1. The molecule has 0 saturated carbocycles. The molecular weight excluding hydrogens is 386 g/mol. The molecule has 0 bridgehead atoms. The summed E-state index contributed by atoms with van der Waals surface area (Å²) < 4.78 is 3.71. The largest absolute Gasteiger partial charge is 0.352 e. The van der Waals surface area contributed by atoms with E-state index in [1.807, 2.05) is 30.5 Å². The van der Waals surface area contributed by atoms with Crippen molar-refractivity contribution in [2.45, 2.75) is 38.4 Å². The van der Waals surface area contributed by atoms with Crippen molar-refractivity contribution in [1.29, 1.82) is 0 Å². The molecule has 2 heterocycles. The number of hydrogen-bond acceptors (Lipinski definition) is 5. The van der Waals surface area contributed by atoms with Crippen molar-refractivity contribution in [2.75, 3.05) is 12.8 Å². The van der Waals surface area contributed by atoms with Gasteiger partial charge in [-0.25, -0.2) is 0 Å². The summed E-state index contributed by atoms with van der Waals surface area (Å²) in [5, 5.41) is 13.2. The fraction of sp³-hybridized carbons (Fsp3) is 0.429. The van der Waals surface area contributed by atoms with E-state index in [-0.39, 0.29) is 11.5 Å². The van der Waals surface area contributed by atoms with Crippen LogP contribution in [0.5, 0.6) is 0 Å². The van der Waals surface area contributed by atoms with Crippen LogP contribution in [0.2, 0.25) is 0 Å². The van der Waals surface area contributed by atoms with Crippen LogP contribution >= 0.6 is 11.8 Å². The van der Waals surface area contributed by atoms with Gasteiger partial charge in [0, 0.05) is 38.0 Å². The summed E-state index contributed by atoms with van der Waals surface area (Å²) in [7, 11) is 1.71. The van der Waals surface area contributed by atoms with E-state index in [2.05, 4.69) is 33.9 Å². The van der Waals surface area contributed by atoms with E-state index < -0.39 is 0 Å². The van der Waals surface area contributed by atoms with Gasteiger partial charge in [-0.05, 0) is 24.7 Å². The Balaban J connectivity index is 1.66. The minimum absolute atomic E-state index is 0.194. The monoisotopic (exact) mass is 413 g/mol. The van der Waals surface area contributed by atoms with E-state index in [9.17, 15) is 9.59 Å². The summed E-state index contributed by atoms with van der Waals surface area (Å²) in [5.74, 6) is 1.22. The van der Waals surface area contributed by atoms with Crippen LogP contribution in [-0.2, 0) is 20.0 Å². The Hall–Kier alpha value is -2.61. The minimum atomic E-state index is -0.229. The average Bonchev–Trinajstić information content (AvgIpc) is 3.08. The van der Waals surface area contributed by atoms with Gasteiger partial charge in [0.25, 0.3) is 11.5 Å². The fourth-order valence-corrected chi connectivity index (χ4v) is 3.87. The highest BCUT2D eigenvalue weighted by atomic mass is 32.2. The average molecular weight is 414 g/mol. The second kappa shape index (κ2) is 9.26. The summed E-state index contributed by atoms with van der Waals surface area (Å²) in [4.78, 5) is 24.9. The van der Waals surface area contributed by atoms with Gasteiger partial charge in [-0.1, -0.05) is 43.8 Å². The standard InChI is InChI=1S/C21H27N5O2S/c1-14(2)13-26-18(23-24-21(26)29-4)10-7-11-22-20(28)16-12-19(27)25(3)17-9-6-5-8-15(16)17/h5-6,8-9,12,14H,7,10-11,13H2,1-4H3,(H,22,28). The maximum atomic E-state index is 12.7. The Kier molecular flexibility index (Phi) is 6.74. The van der Waals surface area contributed by atoms with Crippen LogP contribution in [-0.4, -0.2) is 38.0 Å². The molecule has 0 saturated heterocycles. The van der Waals surface area contributed by atoms with Gasteiger partial charge in [0.15, 0.2) is 5.16 Å². The molecule has 3 rings (SSSR count). The van der Waals surface area contributed by atoms with E-state index in [0.29, 0.717) is 18.0 Å². The number of nitrogens with one attached hydrogen (secondary N) is 1. The van der Waals surface area contributed by atoms with Crippen molar-refractivity contribution >= 4 is 28.6 Å². The van der Waals surface area contributed by atoms with E-state index in [1.165, 1.54) is 6.07 Å². The number of aryl methyl sites for hydroxylation is 2. The topological polar surface area (TPSA) is 81.8 Å². The number of pyridine rings is 1. The molecule has 29 heavy (non-hydrogen) atoms. The van der Waals surface area contributed by atoms with Gasteiger partial charge in [-0.2, -0.15) is 0 Å². The smallest absolute Gasteiger partial charge is 0.252 e. The highest BCUT2D eigenvalue weighted by molar-refractivity contribution is 7.98. The predicted molar refractivity (Wildman–Crippen MR) is 116 cm³/mol. The van der Waals surface area contributed by atoms with Crippen LogP contribution < -0.4 is 10.9 Å². The zero-order valence-corrected chi connectivity index (χ0v) is 18.1. The number of carbonyl (C=O) groups is 1. The van der Waals surface area contributed by atoms with Gasteiger partial charge < -0.3 is 14.5 Å². The molecule has 0 aliphatic heterocycles. The van der Waals surface area contributed by atoms with Crippen molar-refractivity contribution in [2.24, 2.45) is 13.0 Å². The van der Waals surface area contributed by atoms with Gasteiger partial charge in [-0.3, -0.25) is 9.59 Å². The fourth-order valence-electron chi connectivity index (χ4n) is 3.35. The first-order chi connectivity index (χ1) is 13.9. The van der Waals surface area contributed by atoms with Gasteiger partial charge in [0.1, 0.15) is 5.82 Å². The number of rotatable bonds is 8. The van der Waals surface area contributed by atoms with Crippen molar-refractivity contribution in [1.82, 2.24) is 24.6 Å². The van der Waals surface area contributed by atoms with E-state index in [0.717, 1.165) is 41.3 Å². The van der Waals surface area contributed by atoms with Crippen molar-refractivity contribution in [3.05, 3.63) is 52.1 Å². The van der Waals surface area contributed by atoms with E-state index >= 15 is 0 Å². The number of para-hydroxylation sites is 1. The van der Waals surface area contributed by atoms with Gasteiger partial charge in [-0.15, -0.1) is 10.2 Å². The van der Waals surface area contributed by atoms with Crippen molar-refractivity contribution in [3.63, 3.8) is 0 Å². The third kappa shape index (κ3) is 4.70. The molecule has 0 radical (unpaired) electrons. The summed E-state index contributed by atoms with van der Waals surface area (Å²) in [5.41, 5.74) is 0.966.